The van der Waals surface area contributed by atoms with E-state index in [0.29, 0.717) is 28.6 Å². The van der Waals surface area contributed by atoms with E-state index in [1.807, 2.05) is 48.5 Å². The Morgan fingerprint density at radius 1 is 0.947 bits per heavy atom. The third kappa shape index (κ3) is 3.80. The van der Waals surface area contributed by atoms with Crippen LogP contribution in [0.2, 0.25) is 0 Å². The molecule has 0 aliphatic carbocycles. The highest BCUT2D eigenvalue weighted by Gasteiger charge is 2.21. The van der Waals surface area contributed by atoms with Crippen molar-refractivity contribution in [1.29, 1.82) is 0 Å². The van der Waals surface area contributed by atoms with Gasteiger partial charge < -0.3 is 15.0 Å². The van der Waals surface area contributed by atoms with Crippen LogP contribution in [0.15, 0.2) is 78.0 Å². The number of fused-ring (bicyclic) bond motifs is 4. The summed E-state index contributed by atoms with van der Waals surface area (Å²) < 4.78 is 9.21. The minimum Gasteiger partial charge on any atom is -0.489 e. The Labute approximate surface area is 216 Å². The third-order valence-corrected chi connectivity index (χ3v) is 6.68. The molecule has 1 aliphatic rings. The molecule has 5 heterocycles. The molecule has 11 nitrogen and oxygen atoms in total. The molecule has 1 saturated heterocycles. The van der Waals surface area contributed by atoms with Crippen LogP contribution in [0.25, 0.3) is 33.5 Å². The zero-order chi connectivity index (χ0) is 25.6. The second kappa shape index (κ2) is 8.89. The number of ether oxygens (including phenoxy) is 1. The van der Waals surface area contributed by atoms with Gasteiger partial charge in [0.15, 0.2) is 11.3 Å². The van der Waals surface area contributed by atoms with Gasteiger partial charge in [-0.15, -0.1) is 0 Å². The molecule has 1 unspecified atom stereocenters. The van der Waals surface area contributed by atoms with Crippen molar-refractivity contribution in [1.82, 2.24) is 39.0 Å². The molecule has 1 aliphatic heterocycles. The molecule has 1 N–H and O–H groups in total. The molecular weight excluding hydrogens is 482 g/mol. The minimum absolute atomic E-state index is 0.212. The maximum atomic E-state index is 13.7. The first kappa shape index (κ1) is 22.3. The Hall–Kier alpha value is -4.90. The van der Waals surface area contributed by atoms with E-state index in [0.717, 1.165) is 41.9 Å². The molecule has 0 bridgehead atoms. The Balaban J connectivity index is 1.26. The molecule has 0 spiro atoms. The summed E-state index contributed by atoms with van der Waals surface area (Å²) >= 11 is 0. The zero-order valence-electron chi connectivity index (χ0n) is 20.5. The van der Waals surface area contributed by atoms with Crippen molar-refractivity contribution in [2.45, 2.75) is 12.5 Å². The molecule has 0 radical (unpaired) electrons. The first-order valence-corrected chi connectivity index (χ1v) is 12.3. The largest absolute Gasteiger partial charge is 0.489 e. The molecule has 188 valence electrons. The number of nitrogens with zero attached hydrogens (tertiary/aromatic N) is 8. The van der Waals surface area contributed by atoms with Crippen LogP contribution in [-0.2, 0) is 0 Å². The van der Waals surface area contributed by atoms with Crippen LogP contribution in [0.4, 0.5) is 11.6 Å². The highest BCUT2D eigenvalue weighted by molar-refractivity contribution is 5.95. The summed E-state index contributed by atoms with van der Waals surface area (Å²) in [6.45, 7) is 1.98. The highest BCUT2D eigenvalue weighted by atomic mass is 16.5. The fourth-order valence-corrected chi connectivity index (χ4v) is 4.87. The number of hydrogen-bond donors (Lipinski definition) is 1. The Morgan fingerprint density at radius 3 is 2.55 bits per heavy atom. The van der Waals surface area contributed by atoms with Crippen molar-refractivity contribution in [3.8, 4) is 11.7 Å². The van der Waals surface area contributed by atoms with E-state index in [1.165, 1.54) is 10.7 Å². The van der Waals surface area contributed by atoms with E-state index in [4.69, 9.17) is 9.72 Å². The maximum Gasteiger partial charge on any atom is 0.284 e. The monoisotopic (exact) mass is 505 g/mol. The van der Waals surface area contributed by atoms with E-state index in [-0.39, 0.29) is 11.7 Å². The van der Waals surface area contributed by atoms with E-state index < -0.39 is 0 Å². The van der Waals surface area contributed by atoms with Crippen LogP contribution in [0, 0.1) is 0 Å². The number of nitrogens with one attached hydrogen (secondary N) is 1. The van der Waals surface area contributed by atoms with Crippen LogP contribution in [-0.4, -0.2) is 65.3 Å². The average Bonchev–Trinajstić information content (AvgIpc) is 3.51. The smallest absolute Gasteiger partial charge is 0.284 e. The molecule has 11 heteroatoms. The fourth-order valence-electron chi connectivity index (χ4n) is 4.87. The van der Waals surface area contributed by atoms with E-state index in [1.54, 1.807) is 23.1 Å². The summed E-state index contributed by atoms with van der Waals surface area (Å²) in [4.78, 5) is 38.3. The standard InChI is InChI=1S/C27H23N9O2/c1-34-14-11-19(16-34)38-18-9-7-17(8-10-18)31-26-30-15-21-23(33-26)32-24-20-5-2-3-6-22(20)35(36(24)25(21)37)27-28-12-4-13-29-27/h2-10,12-13,15,19H,11,14,16H2,1H3,(H,30,31,33). The number of likely N-dealkylation sites (tertiary alicyclic amines) is 1. The maximum absolute atomic E-state index is 13.7. The van der Waals surface area contributed by atoms with Crippen LogP contribution >= 0.6 is 0 Å². The van der Waals surface area contributed by atoms with Gasteiger partial charge in [-0.05, 0) is 55.9 Å². The van der Waals surface area contributed by atoms with Gasteiger partial charge in [0, 0.05) is 42.8 Å². The molecule has 0 saturated carbocycles. The van der Waals surface area contributed by atoms with Gasteiger partial charge in [-0.3, -0.25) is 4.79 Å². The number of hydrogen-bond acceptors (Lipinski definition) is 9. The number of likely N-dealkylation sites (N-methyl/N-ethyl adjacent to an activating group) is 1. The van der Waals surface area contributed by atoms with Crippen LogP contribution in [0.1, 0.15) is 6.42 Å². The predicted octanol–water partition coefficient (Wildman–Crippen LogP) is 3.20. The number of para-hydroxylation sites is 1. The fraction of sp³-hybridized carbons (Fsp3) is 0.185. The van der Waals surface area contributed by atoms with E-state index in [2.05, 4.69) is 37.2 Å². The summed E-state index contributed by atoms with van der Waals surface area (Å²) in [5.74, 6) is 1.54. The number of benzene rings is 2. The topological polar surface area (TPSA) is 115 Å². The molecule has 1 fully saturated rings. The van der Waals surface area contributed by atoms with Gasteiger partial charge >= 0.3 is 0 Å². The third-order valence-electron chi connectivity index (χ3n) is 6.68. The molecule has 38 heavy (non-hydrogen) atoms. The van der Waals surface area contributed by atoms with E-state index in [9.17, 15) is 4.79 Å². The number of rotatable bonds is 5. The molecule has 1 atom stereocenters. The van der Waals surface area contributed by atoms with Gasteiger partial charge in [0.25, 0.3) is 5.56 Å². The van der Waals surface area contributed by atoms with Crippen molar-refractivity contribution in [3.63, 3.8) is 0 Å². The van der Waals surface area contributed by atoms with Crippen molar-refractivity contribution < 1.29 is 4.74 Å². The molecule has 7 rings (SSSR count). The van der Waals surface area contributed by atoms with Gasteiger partial charge in [-0.1, -0.05) is 12.1 Å². The van der Waals surface area contributed by atoms with Crippen molar-refractivity contribution in [3.05, 3.63) is 83.5 Å². The summed E-state index contributed by atoms with van der Waals surface area (Å²) in [5.41, 5.74) is 2.02. The Kier molecular flexibility index (Phi) is 5.22. The first-order chi connectivity index (χ1) is 18.6. The lowest BCUT2D eigenvalue weighted by molar-refractivity contribution is 0.208. The zero-order valence-corrected chi connectivity index (χ0v) is 20.5. The van der Waals surface area contributed by atoms with Gasteiger partial charge in [-0.25, -0.2) is 24.6 Å². The van der Waals surface area contributed by atoms with Crippen LogP contribution in [0.3, 0.4) is 0 Å². The highest BCUT2D eigenvalue weighted by Crippen LogP contribution is 2.25. The number of anilines is 2. The SMILES string of the molecule is CN1CCC(Oc2ccc(Nc3ncc4c(=O)n5c(nc4n3)c3ccccc3n5-c3ncccn3)cc2)C1. The van der Waals surface area contributed by atoms with Crippen molar-refractivity contribution in [2.75, 3.05) is 25.5 Å². The summed E-state index contributed by atoms with van der Waals surface area (Å²) in [6.07, 6.45) is 6.00. The minimum atomic E-state index is -0.306. The molecular formula is C27H23N9O2. The second-order valence-electron chi connectivity index (χ2n) is 9.30. The first-order valence-electron chi connectivity index (χ1n) is 12.3. The summed E-state index contributed by atoms with van der Waals surface area (Å²) in [7, 11) is 2.10. The Morgan fingerprint density at radius 2 is 1.76 bits per heavy atom. The molecule has 4 aromatic heterocycles. The average molecular weight is 506 g/mol. The molecule has 0 amide bonds. The Bertz CT molecular complexity index is 1850. The van der Waals surface area contributed by atoms with Crippen molar-refractivity contribution >= 4 is 39.2 Å². The normalized spacial score (nSPS) is 16.0. The summed E-state index contributed by atoms with van der Waals surface area (Å²) in [5, 5.41) is 4.28. The van der Waals surface area contributed by atoms with Gasteiger partial charge in [0.1, 0.15) is 17.2 Å². The second-order valence-corrected chi connectivity index (χ2v) is 9.30. The van der Waals surface area contributed by atoms with Gasteiger partial charge in [-0.2, -0.15) is 9.50 Å². The molecule has 6 aromatic rings. The lowest BCUT2D eigenvalue weighted by Gasteiger charge is -2.14. The quantitative estimate of drug-likeness (QED) is 0.377. The lowest BCUT2D eigenvalue weighted by Crippen LogP contribution is -2.22. The number of aromatic nitrogens is 7. The van der Waals surface area contributed by atoms with Crippen molar-refractivity contribution in [2.24, 2.45) is 0 Å². The van der Waals surface area contributed by atoms with Gasteiger partial charge in [0.05, 0.1) is 5.52 Å². The van der Waals surface area contributed by atoms with Crippen LogP contribution in [0.5, 0.6) is 5.75 Å². The van der Waals surface area contributed by atoms with Crippen LogP contribution < -0.4 is 15.6 Å². The predicted molar refractivity (Wildman–Crippen MR) is 143 cm³/mol. The lowest BCUT2D eigenvalue weighted by atomic mass is 10.2. The summed E-state index contributed by atoms with van der Waals surface area (Å²) in [6, 6.07) is 17.0. The van der Waals surface area contributed by atoms with E-state index >= 15 is 0 Å². The van der Waals surface area contributed by atoms with Gasteiger partial charge in [0.2, 0.25) is 11.9 Å². The molecule has 2 aromatic carbocycles.